The van der Waals surface area contributed by atoms with Gasteiger partial charge in [0.15, 0.2) is 0 Å². The number of fused-ring (bicyclic) bond motifs is 1. The number of benzene rings is 2. The molecule has 6 heteroatoms. The first-order valence-corrected chi connectivity index (χ1v) is 12.8. The first-order valence-electron chi connectivity index (χ1n) is 11.3. The highest BCUT2D eigenvalue weighted by atomic mass is 32.3. The fourth-order valence-corrected chi connectivity index (χ4v) is 6.78. The number of unbranched alkanes of at least 4 members (excludes halogenated alkanes) is 1. The Labute approximate surface area is 187 Å². The van der Waals surface area contributed by atoms with Crippen molar-refractivity contribution in [2.45, 2.75) is 50.8 Å². The number of hydrogen-bond acceptors (Lipinski definition) is 4. The van der Waals surface area contributed by atoms with E-state index in [-0.39, 0.29) is 5.91 Å². The summed E-state index contributed by atoms with van der Waals surface area (Å²) < 4.78 is 22.6. The lowest BCUT2D eigenvalue weighted by Gasteiger charge is -2.38. The molecule has 1 fully saturated rings. The minimum atomic E-state index is -3.20. The Morgan fingerprint density at radius 1 is 1.06 bits per heavy atom. The molecule has 5 nitrogen and oxygen atoms in total. The van der Waals surface area contributed by atoms with Gasteiger partial charge in [-0.2, -0.15) is 0 Å². The number of aryl methyl sites for hydroxylation is 2. The van der Waals surface area contributed by atoms with E-state index >= 15 is 0 Å². The van der Waals surface area contributed by atoms with E-state index in [1.165, 1.54) is 21.9 Å². The van der Waals surface area contributed by atoms with E-state index in [1.54, 1.807) is 12.1 Å². The largest absolute Gasteiger partial charge is 0.303 e. The van der Waals surface area contributed by atoms with Crippen LogP contribution in [0.25, 0.3) is 0 Å². The Kier molecular flexibility index (Phi) is 6.44. The van der Waals surface area contributed by atoms with Crippen molar-refractivity contribution in [1.29, 1.82) is 0 Å². The van der Waals surface area contributed by atoms with Gasteiger partial charge in [-0.3, -0.25) is 13.9 Å². The van der Waals surface area contributed by atoms with Gasteiger partial charge < -0.3 is 4.90 Å². The van der Waals surface area contributed by atoms with Gasteiger partial charge in [0.25, 0.3) is 5.91 Å². The fourth-order valence-electron chi connectivity index (χ4n) is 5.14. The van der Waals surface area contributed by atoms with Gasteiger partial charge in [-0.15, -0.1) is 0 Å². The predicted octanol–water partition coefficient (Wildman–Crippen LogP) is 5.69. The number of amides is 1. The molecule has 2 unspecified atom stereocenters. The SMILES string of the molecule is Cc1ccc2c(c1)C(=O)N(CCCCN1CCC(c3ccccc3C)C(C)C1)S2(O)O. The van der Waals surface area contributed by atoms with E-state index in [9.17, 15) is 13.9 Å². The number of nitrogens with zero attached hydrogens (tertiary/aromatic N) is 2. The van der Waals surface area contributed by atoms with Crippen molar-refractivity contribution in [2.24, 2.45) is 5.92 Å². The Morgan fingerprint density at radius 3 is 2.55 bits per heavy atom. The summed E-state index contributed by atoms with van der Waals surface area (Å²) in [5.41, 5.74) is 4.26. The maximum absolute atomic E-state index is 12.7. The molecule has 2 atom stereocenters. The van der Waals surface area contributed by atoms with Crippen LogP contribution in [-0.2, 0) is 0 Å². The highest BCUT2D eigenvalue weighted by Gasteiger charge is 2.41. The Hall–Kier alpha value is -1.86. The summed E-state index contributed by atoms with van der Waals surface area (Å²) in [6.45, 7) is 10.00. The van der Waals surface area contributed by atoms with Crippen LogP contribution in [0.3, 0.4) is 0 Å². The summed E-state index contributed by atoms with van der Waals surface area (Å²) in [4.78, 5) is 15.6. The second kappa shape index (κ2) is 8.94. The molecular weight excluding hydrogens is 408 g/mol. The number of hydrogen-bond donors (Lipinski definition) is 2. The minimum Gasteiger partial charge on any atom is -0.303 e. The third-order valence-corrected chi connectivity index (χ3v) is 8.77. The zero-order valence-corrected chi connectivity index (χ0v) is 19.6. The number of piperidine rings is 1. The quantitative estimate of drug-likeness (QED) is 0.564. The zero-order valence-electron chi connectivity index (χ0n) is 18.8. The zero-order chi connectivity index (χ0) is 22.2. The molecule has 2 aromatic rings. The topological polar surface area (TPSA) is 64.0 Å². The van der Waals surface area contributed by atoms with Crippen molar-refractivity contribution >= 4 is 16.7 Å². The van der Waals surface area contributed by atoms with Crippen molar-refractivity contribution in [3.8, 4) is 0 Å². The number of rotatable bonds is 6. The van der Waals surface area contributed by atoms with Gasteiger partial charge in [-0.25, -0.2) is 4.31 Å². The van der Waals surface area contributed by atoms with Crippen LogP contribution in [0.4, 0.5) is 0 Å². The van der Waals surface area contributed by atoms with Crippen LogP contribution in [0.2, 0.25) is 0 Å². The van der Waals surface area contributed by atoms with E-state index in [0.717, 1.165) is 38.0 Å². The van der Waals surface area contributed by atoms with Gasteiger partial charge in [-0.1, -0.05) is 53.6 Å². The Bertz CT molecular complexity index is 962. The second-order valence-corrected chi connectivity index (χ2v) is 11.1. The average molecular weight is 443 g/mol. The minimum absolute atomic E-state index is 0.258. The molecule has 0 aliphatic carbocycles. The van der Waals surface area contributed by atoms with Crippen LogP contribution in [-0.4, -0.2) is 50.4 Å². The lowest BCUT2D eigenvalue weighted by molar-refractivity contribution is 0.0859. The van der Waals surface area contributed by atoms with E-state index in [1.807, 2.05) is 13.0 Å². The molecule has 4 rings (SSSR count). The monoisotopic (exact) mass is 442 g/mol. The van der Waals surface area contributed by atoms with Crippen LogP contribution in [0, 0.1) is 19.8 Å². The number of carbonyl (C=O) groups excluding carboxylic acids is 1. The molecule has 0 aromatic heterocycles. The molecule has 1 saturated heterocycles. The Morgan fingerprint density at radius 2 is 1.81 bits per heavy atom. The maximum atomic E-state index is 12.7. The normalized spacial score (nSPS) is 24.3. The molecule has 31 heavy (non-hydrogen) atoms. The molecule has 168 valence electrons. The van der Waals surface area contributed by atoms with Gasteiger partial charge >= 0.3 is 0 Å². The second-order valence-electron chi connectivity index (χ2n) is 9.16. The number of carbonyl (C=O) groups is 1. The van der Waals surface area contributed by atoms with Crippen molar-refractivity contribution in [2.75, 3.05) is 26.2 Å². The Balaban J connectivity index is 1.27. The summed E-state index contributed by atoms with van der Waals surface area (Å²) in [7, 11) is -3.20. The van der Waals surface area contributed by atoms with Crippen LogP contribution in [0.15, 0.2) is 47.4 Å². The molecule has 2 aliphatic heterocycles. The average Bonchev–Trinajstić information content (AvgIpc) is 2.91. The van der Waals surface area contributed by atoms with Gasteiger partial charge in [0.2, 0.25) is 0 Å². The van der Waals surface area contributed by atoms with E-state index in [0.29, 0.717) is 28.8 Å². The molecular formula is C25H34N2O3S. The van der Waals surface area contributed by atoms with Gasteiger partial charge in [0.1, 0.15) is 0 Å². The van der Waals surface area contributed by atoms with Crippen LogP contribution >= 0.6 is 10.8 Å². The summed E-state index contributed by atoms with van der Waals surface area (Å²) in [5, 5.41) is 0. The van der Waals surface area contributed by atoms with E-state index < -0.39 is 10.8 Å². The fraction of sp³-hybridized carbons (Fsp3) is 0.480. The molecule has 2 aromatic carbocycles. The predicted molar refractivity (Wildman–Crippen MR) is 127 cm³/mol. The summed E-state index contributed by atoms with van der Waals surface area (Å²) in [6.07, 6.45) is 2.88. The summed E-state index contributed by atoms with van der Waals surface area (Å²) in [6, 6.07) is 14.0. The summed E-state index contributed by atoms with van der Waals surface area (Å²) in [5.74, 6) is 0.973. The van der Waals surface area contributed by atoms with Crippen molar-refractivity contribution in [3.05, 3.63) is 64.7 Å². The standard InChI is InChI=1S/C25H34N2O3S/c1-18-10-11-24-23(16-18)25(28)27(31(24,29)30)14-7-6-13-26-15-12-22(20(3)17-26)21-9-5-4-8-19(21)2/h4-5,8-11,16,20,22,29-30H,6-7,12-15,17H2,1-3H3. The first kappa shape index (κ1) is 22.3. The van der Waals surface area contributed by atoms with Crippen LogP contribution in [0.1, 0.15) is 59.2 Å². The highest BCUT2D eigenvalue weighted by Crippen LogP contribution is 2.58. The summed E-state index contributed by atoms with van der Waals surface area (Å²) >= 11 is 0. The molecule has 1 amide bonds. The first-order chi connectivity index (χ1) is 14.8. The van der Waals surface area contributed by atoms with Gasteiger partial charge in [0.05, 0.1) is 10.5 Å². The molecule has 2 aliphatic rings. The molecule has 0 bridgehead atoms. The lowest BCUT2D eigenvalue weighted by Crippen LogP contribution is -2.39. The lowest BCUT2D eigenvalue weighted by atomic mass is 9.80. The third-order valence-electron chi connectivity index (χ3n) is 6.86. The molecule has 0 radical (unpaired) electrons. The molecule has 2 heterocycles. The van der Waals surface area contributed by atoms with Crippen molar-refractivity contribution in [3.63, 3.8) is 0 Å². The van der Waals surface area contributed by atoms with Crippen molar-refractivity contribution in [1.82, 2.24) is 9.21 Å². The van der Waals surface area contributed by atoms with Gasteiger partial charge in [0, 0.05) is 13.1 Å². The third kappa shape index (κ3) is 4.40. The maximum Gasteiger partial charge on any atom is 0.274 e. The van der Waals surface area contributed by atoms with Crippen molar-refractivity contribution < 1.29 is 13.9 Å². The molecule has 0 saturated carbocycles. The van der Waals surface area contributed by atoms with Crippen LogP contribution < -0.4 is 0 Å². The molecule has 0 spiro atoms. The number of likely N-dealkylation sites (tertiary alicyclic amines) is 1. The molecule has 2 N–H and O–H groups in total. The van der Waals surface area contributed by atoms with Gasteiger partial charge in [-0.05, 0) is 81.3 Å². The van der Waals surface area contributed by atoms with E-state index in [4.69, 9.17) is 0 Å². The smallest absolute Gasteiger partial charge is 0.274 e. The van der Waals surface area contributed by atoms with Crippen LogP contribution in [0.5, 0.6) is 0 Å². The highest BCUT2D eigenvalue weighted by molar-refractivity contribution is 8.23. The van der Waals surface area contributed by atoms with E-state index in [2.05, 4.69) is 43.0 Å².